The fourth-order valence-electron chi connectivity index (χ4n) is 1.56. The van der Waals surface area contributed by atoms with Crippen molar-refractivity contribution in [2.75, 3.05) is 0 Å². The van der Waals surface area contributed by atoms with Gasteiger partial charge in [0.05, 0.1) is 8.07 Å². The highest BCUT2D eigenvalue weighted by Crippen LogP contribution is 2.36. The molecule has 17 heavy (non-hydrogen) atoms. The van der Waals surface area contributed by atoms with Crippen molar-refractivity contribution in [1.82, 2.24) is 0 Å². The number of phenolic OH excluding ortho intramolecular Hbond substituents is 1. The van der Waals surface area contributed by atoms with Gasteiger partial charge in [0.1, 0.15) is 5.75 Å². The number of hydrogen-bond donors (Lipinski definition) is 1. The second-order valence-corrected chi connectivity index (χ2v) is 11.3. The lowest BCUT2D eigenvalue weighted by atomic mass is 10.2. The quantitative estimate of drug-likeness (QED) is 0.768. The predicted octanol–water partition coefficient (Wildman–Crippen LogP) is 4.26. The van der Waals surface area contributed by atoms with E-state index in [2.05, 4.69) is 39.9 Å². The first-order chi connectivity index (χ1) is 6.64. The zero-order valence-corrected chi connectivity index (χ0v) is 14.1. The Morgan fingerprint density at radius 3 is 1.82 bits per heavy atom. The van der Waals surface area contributed by atoms with Gasteiger partial charge in [0.15, 0.2) is 0 Å². The summed E-state index contributed by atoms with van der Waals surface area (Å²) in [6.45, 7) is 13.6. The van der Waals surface area contributed by atoms with E-state index < -0.39 is 8.07 Å². The standard InChI is InChI=1S/C13H22OSi.2ClH/c1-10-7-11(14)9-12(8-10)15(5,6)13(2,3)4;;/h7-9,14H,1-6H3;2*1H. The van der Waals surface area contributed by atoms with Crippen LogP contribution in [0.4, 0.5) is 0 Å². The van der Waals surface area contributed by atoms with Crippen molar-refractivity contribution in [3.8, 4) is 5.75 Å². The molecule has 1 N–H and O–H groups in total. The third kappa shape index (κ3) is 4.20. The third-order valence-electron chi connectivity index (χ3n) is 3.66. The summed E-state index contributed by atoms with van der Waals surface area (Å²) in [6, 6.07) is 5.97. The maximum Gasteiger partial charge on any atom is 0.115 e. The fraction of sp³-hybridized carbons (Fsp3) is 0.538. The van der Waals surface area contributed by atoms with Crippen molar-refractivity contribution in [3.63, 3.8) is 0 Å². The van der Waals surface area contributed by atoms with Gasteiger partial charge >= 0.3 is 0 Å². The van der Waals surface area contributed by atoms with Gasteiger partial charge in [-0.2, -0.15) is 0 Å². The van der Waals surface area contributed by atoms with E-state index in [0.29, 0.717) is 10.8 Å². The van der Waals surface area contributed by atoms with Crippen LogP contribution in [0.25, 0.3) is 0 Å². The second-order valence-electron chi connectivity index (χ2n) is 5.93. The molecule has 0 saturated heterocycles. The Labute approximate surface area is 118 Å². The normalized spacial score (nSPS) is 11.4. The van der Waals surface area contributed by atoms with E-state index in [1.54, 1.807) is 0 Å². The smallest absolute Gasteiger partial charge is 0.115 e. The summed E-state index contributed by atoms with van der Waals surface area (Å²) in [6.07, 6.45) is 0. The lowest BCUT2D eigenvalue weighted by Crippen LogP contribution is -2.49. The van der Waals surface area contributed by atoms with E-state index in [9.17, 15) is 5.11 Å². The predicted molar refractivity (Wildman–Crippen MR) is 84.2 cm³/mol. The number of halogens is 2. The van der Waals surface area contributed by atoms with Crippen molar-refractivity contribution in [1.29, 1.82) is 0 Å². The highest BCUT2D eigenvalue weighted by Gasteiger charge is 2.36. The Bertz CT molecular complexity index is 350. The summed E-state index contributed by atoms with van der Waals surface area (Å²) in [5, 5.41) is 11.3. The van der Waals surface area contributed by atoms with Gasteiger partial charge in [-0.3, -0.25) is 0 Å². The molecule has 0 amide bonds. The largest absolute Gasteiger partial charge is 0.508 e. The first-order valence-electron chi connectivity index (χ1n) is 5.46. The molecule has 0 atom stereocenters. The average Bonchev–Trinajstić information content (AvgIpc) is 1.99. The van der Waals surface area contributed by atoms with Crippen LogP contribution in [0.1, 0.15) is 26.3 Å². The first-order valence-corrected chi connectivity index (χ1v) is 8.46. The monoisotopic (exact) mass is 294 g/mol. The van der Waals surface area contributed by atoms with Gasteiger partial charge in [0.2, 0.25) is 0 Å². The molecule has 0 aliphatic rings. The molecule has 0 aromatic heterocycles. The summed E-state index contributed by atoms with van der Waals surface area (Å²) in [4.78, 5) is 0. The van der Waals surface area contributed by atoms with E-state index in [4.69, 9.17) is 0 Å². The van der Waals surface area contributed by atoms with Gasteiger partial charge in [-0.25, -0.2) is 0 Å². The highest BCUT2D eigenvalue weighted by atomic mass is 35.5. The minimum Gasteiger partial charge on any atom is -0.508 e. The second kappa shape index (κ2) is 6.12. The summed E-state index contributed by atoms with van der Waals surface area (Å²) < 4.78 is 0. The molecule has 1 aromatic rings. The van der Waals surface area contributed by atoms with Crippen LogP contribution in [0, 0.1) is 6.92 Å². The van der Waals surface area contributed by atoms with Crippen molar-refractivity contribution < 1.29 is 5.11 Å². The summed E-state index contributed by atoms with van der Waals surface area (Å²) in [5.41, 5.74) is 1.15. The number of aromatic hydroxyl groups is 1. The van der Waals surface area contributed by atoms with E-state index in [-0.39, 0.29) is 24.8 Å². The number of benzene rings is 1. The Hall–Kier alpha value is -0.183. The van der Waals surface area contributed by atoms with Crippen LogP contribution >= 0.6 is 24.8 Å². The Kier molecular flexibility index (Phi) is 6.90. The lowest BCUT2D eigenvalue weighted by Gasteiger charge is -2.37. The van der Waals surface area contributed by atoms with E-state index in [0.717, 1.165) is 5.56 Å². The Morgan fingerprint density at radius 1 is 1.00 bits per heavy atom. The first kappa shape index (κ1) is 19.2. The molecule has 1 rings (SSSR count). The fourth-order valence-corrected chi connectivity index (χ4v) is 3.52. The number of hydrogen-bond acceptors (Lipinski definition) is 1. The summed E-state index contributed by atoms with van der Waals surface area (Å²) >= 11 is 0. The van der Waals surface area contributed by atoms with Crippen molar-refractivity contribution in [2.24, 2.45) is 0 Å². The van der Waals surface area contributed by atoms with Crippen molar-refractivity contribution in [3.05, 3.63) is 23.8 Å². The molecule has 1 nitrogen and oxygen atoms in total. The van der Waals surface area contributed by atoms with Crippen LogP contribution in [-0.2, 0) is 0 Å². The zero-order valence-electron chi connectivity index (χ0n) is 11.5. The molecular formula is C13H24Cl2OSi. The minimum atomic E-state index is -1.50. The maximum absolute atomic E-state index is 9.65. The molecule has 0 unspecified atom stereocenters. The molecule has 0 aliphatic carbocycles. The summed E-state index contributed by atoms with van der Waals surface area (Å²) in [7, 11) is -1.50. The highest BCUT2D eigenvalue weighted by molar-refractivity contribution is 6.92. The third-order valence-corrected chi connectivity index (χ3v) is 9.14. The van der Waals surface area contributed by atoms with Crippen molar-refractivity contribution >= 4 is 38.1 Å². The molecular weight excluding hydrogens is 271 g/mol. The lowest BCUT2D eigenvalue weighted by molar-refractivity contribution is 0.475. The van der Waals surface area contributed by atoms with Crippen LogP contribution < -0.4 is 5.19 Å². The summed E-state index contributed by atoms with van der Waals surface area (Å²) in [5.74, 6) is 0.398. The van der Waals surface area contributed by atoms with E-state index in [1.165, 1.54) is 5.19 Å². The molecule has 4 heteroatoms. The number of rotatable bonds is 1. The van der Waals surface area contributed by atoms with Gasteiger partial charge in [-0.1, -0.05) is 45.1 Å². The van der Waals surface area contributed by atoms with E-state index in [1.807, 2.05) is 19.1 Å². The van der Waals surface area contributed by atoms with Crippen LogP contribution in [0.2, 0.25) is 18.1 Å². The van der Waals surface area contributed by atoms with Gasteiger partial charge < -0.3 is 5.11 Å². The molecule has 0 radical (unpaired) electrons. The molecule has 0 spiro atoms. The van der Waals surface area contributed by atoms with Crippen LogP contribution in [-0.4, -0.2) is 13.2 Å². The Balaban J connectivity index is 0. The molecule has 0 heterocycles. The molecule has 0 bridgehead atoms. The van der Waals surface area contributed by atoms with Gasteiger partial charge in [0.25, 0.3) is 0 Å². The number of phenols is 1. The van der Waals surface area contributed by atoms with Gasteiger partial charge in [-0.15, -0.1) is 24.8 Å². The van der Waals surface area contributed by atoms with Gasteiger partial charge in [0, 0.05) is 0 Å². The topological polar surface area (TPSA) is 20.2 Å². The maximum atomic E-state index is 9.65. The number of aryl methyl sites for hydroxylation is 1. The molecule has 1 aromatic carbocycles. The van der Waals surface area contributed by atoms with Crippen LogP contribution in [0.3, 0.4) is 0 Å². The molecule has 0 aliphatic heterocycles. The molecule has 0 fully saturated rings. The van der Waals surface area contributed by atoms with Crippen LogP contribution in [0.15, 0.2) is 18.2 Å². The van der Waals surface area contributed by atoms with Crippen molar-refractivity contribution in [2.45, 2.75) is 45.8 Å². The SMILES string of the molecule is Cc1cc(O)cc([Si](C)(C)C(C)(C)C)c1.Cl.Cl. The van der Waals surface area contributed by atoms with Gasteiger partial charge in [-0.05, 0) is 29.7 Å². The minimum absolute atomic E-state index is 0. The molecule has 0 saturated carbocycles. The molecule has 100 valence electrons. The Morgan fingerprint density at radius 2 is 1.47 bits per heavy atom. The zero-order chi connectivity index (χ0) is 11.9. The van der Waals surface area contributed by atoms with E-state index >= 15 is 0 Å². The average molecular weight is 295 g/mol. The van der Waals surface area contributed by atoms with Crippen LogP contribution in [0.5, 0.6) is 5.75 Å².